The minimum Gasteiger partial charge on any atom is -0.377 e. The normalized spacial score (nSPS) is 17.9. The molecule has 168 valence electrons. The lowest BCUT2D eigenvalue weighted by molar-refractivity contribution is -0.137. The summed E-state index contributed by atoms with van der Waals surface area (Å²) in [5.41, 5.74) is 4.61. The van der Waals surface area contributed by atoms with Crippen molar-refractivity contribution in [3.8, 4) is 0 Å². The van der Waals surface area contributed by atoms with Gasteiger partial charge in [0.05, 0.1) is 18.5 Å². The Bertz CT molecular complexity index is 1110. The molecule has 1 saturated heterocycles. The van der Waals surface area contributed by atoms with Crippen LogP contribution in [0.15, 0.2) is 23.6 Å². The number of aryl methyl sites for hydroxylation is 1. The lowest BCUT2D eigenvalue weighted by atomic mass is 10.0. The van der Waals surface area contributed by atoms with Gasteiger partial charge in [-0.15, -0.1) is 11.3 Å². The maximum absolute atomic E-state index is 12.8. The number of anilines is 1. The average molecular weight is 455 g/mol. The largest absolute Gasteiger partial charge is 0.377 e. The number of nitrogens with one attached hydrogen (secondary N) is 2. The van der Waals surface area contributed by atoms with Gasteiger partial charge in [-0.3, -0.25) is 24.5 Å². The first-order valence-corrected chi connectivity index (χ1v) is 11.4. The maximum atomic E-state index is 12.8. The van der Waals surface area contributed by atoms with Crippen LogP contribution < -0.4 is 15.5 Å². The van der Waals surface area contributed by atoms with Crippen molar-refractivity contribution in [1.82, 2.24) is 15.5 Å². The SMILES string of the molecule is Cc1ccc(CC(=O)NCc2scc3c2CN(C2CCC(=O)NC2=O)C3=O)cc1N(C)C. The first-order chi connectivity index (χ1) is 15.2. The Labute approximate surface area is 190 Å². The Hall–Kier alpha value is -3.20. The van der Waals surface area contributed by atoms with Gasteiger partial charge in [0.1, 0.15) is 6.04 Å². The van der Waals surface area contributed by atoms with E-state index in [9.17, 15) is 19.2 Å². The molecule has 0 spiro atoms. The van der Waals surface area contributed by atoms with E-state index < -0.39 is 11.9 Å². The summed E-state index contributed by atoms with van der Waals surface area (Å²) in [4.78, 5) is 53.4. The second-order valence-electron chi connectivity index (χ2n) is 8.42. The van der Waals surface area contributed by atoms with E-state index in [2.05, 4.69) is 10.6 Å². The van der Waals surface area contributed by atoms with E-state index in [-0.39, 0.29) is 30.6 Å². The third kappa shape index (κ3) is 4.25. The molecule has 2 aromatic rings. The molecular formula is C23H26N4O4S. The lowest BCUT2D eigenvalue weighted by Gasteiger charge is -2.29. The van der Waals surface area contributed by atoms with Crippen LogP contribution in [0.1, 0.15) is 44.8 Å². The molecule has 2 aliphatic rings. The van der Waals surface area contributed by atoms with Crippen LogP contribution in [0.25, 0.3) is 0 Å². The highest BCUT2D eigenvalue weighted by Crippen LogP contribution is 2.33. The number of imide groups is 1. The fraction of sp³-hybridized carbons (Fsp3) is 0.391. The highest BCUT2D eigenvalue weighted by Gasteiger charge is 2.40. The number of hydrogen-bond donors (Lipinski definition) is 2. The minimum absolute atomic E-state index is 0.0907. The molecule has 0 saturated carbocycles. The van der Waals surface area contributed by atoms with E-state index in [1.54, 1.807) is 5.38 Å². The number of hydrogen-bond acceptors (Lipinski definition) is 6. The third-order valence-corrected chi connectivity index (χ3v) is 6.98. The molecule has 2 aliphatic heterocycles. The zero-order valence-electron chi connectivity index (χ0n) is 18.4. The molecule has 0 radical (unpaired) electrons. The van der Waals surface area contributed by atoms with Crippen molar-refractivity contribution in [3.63, 3.8) is 0 Å². The molecule has 1 aromatic heterocycles. The number of amides is 4. The predicted molar refractivity (Wildman–Crippen MR) is 121 cm³/mol. The topological polar surface area (TPSA) is 98.8 Å². The van der Waals surface area contributed by atoms with E-state index in [4.69, 9.17) is 0 Å². The molecule has 0 aliphatic carbocycles. The number of piperidine rings is 1. The molecule has 8 nitrogen and oxygen atoms in total. The zero-order valence-corrected chi connectivity index (χ0v) is 19.2. The monoisotopic (exact) mass is 454 g/mol. The smallest absolute Gasteiger partial charge is 0.256 e. The van der Waals surface area contributed by atoms with Gasteiger partial charge in [0.2, 0.25) is 17.7 Å². The van der Waals surface area contributed by atoms with Crippen LogP contribution in [0.3, 0.4) is 0 Å². The van der Waals surface area contributed by atoms with E-state index in [0.29, 0.717) is 25.1 Å². The molecule has 1 fully saturated rings. The summed E-state index contributed by atoms with van der Waals surface area (Å²) in [6.07, 6.45) is 0.835. The fourth-order valence-corrected chi connectivity index (χ4v) is 5.20. The van der Waals surface area contributed by atoms with Crippen LogP contribution in [0, 0.1) is 6.92 Å². The van der Waals surface area contributed by atoms with Crippen molar-refractivity contribution in [3.05, 3.63) is 50.7 Å². The van der Waals surface area contributed by atoms with Crippen LogP contribution in [0.2, 0.25) is 0 Å². The van der Waals surface area contributed by atoms with Gasteiger partial charge in [-0.1, -0.05) is 12.1 Å². The summed E-state index contributed by atoms with van der Waals surface area (Å²) in [5, 5.41) is 7.05. The summed E-state index contributed by atoms with van der Waals surface area (Å²) in [7, 11) is 3.95. The number of carbonyl (C=O) groups excluding carboxylic acids is 4. The summed E-state index contributed by atoms with van der Waals surface area (Å²) < 4.78 is 0. The van der Waals surface area contributed by atoms with E-state index in [1.165, 1.54) is 16.2 Å². The molecule has 9 heteroatoms. The van der Waals surface area contributed by atoms with Crippen molar-refractivity contribution in [2.45, 2.75) is 45.3 Å². The molecule has 1 unspecified atom stereocenters. The van der Waals surface area contributed by atoms with Crippen LogP contribution in [0.5, 0.6) is 0 Å². The van der Waals surface area contributed by atoms with Crippen molar-refractivity contribution < 1.29 is 19.2 Å². The Balaban J connectivity index is 1.39. The first-order valence-electron chi connectivity index (χ1n) is 10.5. The predicted octanol–water partition coefficient (Wildman–Crippen LogP) is 1.74. The lowest BCUT2D eigenvalue weighted by Crippen LogP contribution is -2.52. The number of nitrogens with zero attached hydrogens (tertiary/aromatic N) is 2. The van der Waals surface area contributed by atoms with Gasteiger partial charge in [0.25, 0.3) is 5.91 Å². The van der Waals surface area contributed by atoms with Crippen LogP contribution in [0.4, 0.5) is 5.69 Å². The summed E-state index contributed by atoms with van der Waals surface area (Å²) in [6.45, 7) is 2.69. The molecule has 3 heterocycles. The maximum Gasteiger partial charge on any atom is 0.256 e. The fourth-order valence-electron chi connectivity index (χ4n) is 4.23. The van der Waals surface area contributed by atoms with E-state index in [1.807, 2.05) is 44.1 Å². The van der Waals surface area contributed by atoms with Gasteiger partial charge in [-0.2, -0.15) is 0 Å². The Morgan fingerprint density at radius 3 is 2.78 bits per heavy atom. The number of fused-ring (bicyclic) bond motifs is 1. The summed E-state index contributed by atoms with van der Waals surface area (Å²) >= 11 is 1.44. The molecule has 32 heavy (non-hydrogen) atoms. The molecule has 4 amide bonds. The Kier molecular flexibility index (Phi) is 6.01. The van der Waals surface area contributed by atoms with Gasteiger partial charge in [-0.05, 0) is 36.1 Å². The standard InChI is InChI=1S/C23H26N4O4S/c1-13-4-5-14(8-18(13)26(2)3)9-21(29)24-10-19-15-11-27(23(31)16(15)12-32-19)17-6-7-20(28)25-22(17)30/h4-5,8,12,17H,6-7,9-11H2,1-3H3,(H,24,29)(H,25,28,30). The second-order valence-corrected chi connectivity index (χ2v) is 9.38. The molecule has 1 aromatic carbocycles. The van der Waals surface area contributed by atoms with Crippen LogP contribution in [-0.2, 0) is 33.9 Å². The number of benzene rings is 1. The quantitative estimate of drug-likeness (QED) is 0.648. The Morgan fingerprint density at radius 1 is 1.28 bits per heavy atom. The Morgan fingerprint density at radius 2 is 2.06 bits per heavy atom. The molecule has 2 N–H and O–H groups in total. The summed E-state index contributed by atoms with van der Waals surface area (Å²) in [6, 6.07) is 5.36. The van der Waals surface area contributed by atoms with Gasteiger partial charge in [0.15, 0.2) is 0 Å². The first kappa shape index (κ1) is 22.0. The van der Waals surface area contributed by atoms with E-state index >= 15 is 0 Å². The van der Waals surface area contributed by atoms with Crippen molar-refractivity contribution in [2.75, 3.05) is 19.0 Å². The van der Waals surface area contributed by atoms with Crippen molar-refractivity contribution in [1.29, 1.82) is 0 Å². The van der Waals surface area contributed by atoms with Crippen LogP contribution in [-0.4, -0.2) is 48.7 Å². The van der Waals surface area contributed by atoms with Crippen LogP contribution >= 0.6 is 11.3 Å². The molecule has 0 bridgehead atoms. The van der Waals surface area contributed by atoms with E-state index in [0.717, 1.165) is 27.3 Å². The third-order valence-electron chi connectivity index (χ3n) is 5.95. The van der Waals surface area contributed by atoms with Gasteiger partial charge in [0, 0.05) is 43.0 Å². The van der Waals surface area contributed by atoms with Crippen molar-refractivity contribution in [2.24, 2.45) is 0 Å². The highest BCUT2D eigenvalue weighted by molar-refractivity contribution is 7.10. The average Bonchev–Trinajstić information content (AvgIpc) is 3.28. The minimum atomic E-state index is -0.632. The van der Waals surface area contributed by atoms with Gasteiger partial charge in [-0.25, -0.2) is 0 Å². The van der Waals surface area contributed by atoms with Crippen molar-refractivity contribution >= 4 is 40.7 Å². The zero-order chi connectivity index (χ0) is 23.0. The van der Waals surface area contributed by atoms with Gasteiger partial charge < -0.3 is 15.1 Å². The molecule has 4 rings (SSSR count). The highest BCUT2D eigenvalue weighted by atomic mass is 32.1. The number of thiophene rings is 1. The van der Waals surface area contributed by atoms with Gasteiger partial charge >= 0.3 is 0 Å². The number of carbonyl (C=O) groups is 4. The molecule has 1 atom stereocenters. The number of rotatable bonds is 6. The molecular weight excluding hydrogens is 428 g/mol. The second kappa shape index (κ2) is 8.74. The summed E-state index contributed by atoms with van der Waals surface area (Å²) in [5.74, 6) is -1.01.